The van der Waals surface area contributed by atoms with Gasteiger partial charge in [0.1, 0.15) is 12.1 Å². The number of hydrogen-bond donors (Lipinski definition) is 2. The summed E-state index contributed by atoms with van der Waals surface area (Å²) in [7, 11) is 0. The molecule has 0 saturated heterocycles. The molecule has 0 unspecified atom stereocenters. The zero-order valence-electron chi connectivity index (χ0n) is 12.0. The molecule has 0 aliphatic carbocycles. The summed E-state index contributed by atoms with van der Waals surface area (Å²) >= 11 is 5.15. The Kier molecular flexibility index (Phi) is 5.21. The molecule has 112 valence electrons. The summed E-state index contributed by atoms with van der Waals surface area (Å²) < 4.78 is 14.5. The summed E-state index contributed by atoms with van der Waals surface area (Å²) in [6, 6.07) is 6.30. The van der Waals surface area contributed by atoms with Crippen LogP contribution in [0.25, 0.3) is 0 Å². The number of anilines is 1. The molecule has 0 aliphatic rings. The van der Waals surface area contributed by atoms with Crippen LogP contribution in [0.4, 0.5) is 10.3 Å². The average molecular weight is 307 g/mol. The normalized spacial score (nSPS) is 10.7. The maximum Gasteiger partial charge on any atom is 0.248 e. The fourth-order valence-corrected chi connectivity index (χ4v) is 1.82. The number of aromatic nitrogens is 3. The predicted octanol–water partition coefficient (Wildman–Crippen LogP) is 2.41. The number of rotatable bonds is 5. The lowest BCUT2D eigenvalue weighted by Crippen LogP contribution is -2.31. The Bertz CT molecular complexity index is 594. The lowest BCUT2D eigenvalue weighted by atomic mass is 10.2. The van der Waals surface area contributed by atoms with Crippen LogP contribution in [0.2, 0.25) is 0 Å². The fraction of sp³-hybridized carbons (Fsp3) is 0.357. The van der Waals surface area contributed by atoms with Crippen molar-refractivity contribution in [3.05, 3.63) is 42.0 Å². The number of halogens is 1. The topological polar surface area (TPSA) is 54.8 Å². The molecular weight excluding hydrogens is 289 g/mol. The Hall–Kier alpha value is -2.02. The van der Waals surface area contributed by atoms with Gasteiger partial charge in [0, 0.05) is 6.54 Å². The lowest BCUT2D eigenvalue weighted by molar-refractivity contribution is 0.624. The van der Waals surface area contributed by atoms with E-state index < -0.39 is 0 Å². The van der Waals surface area contributed by atoms with E-state index in [2.05, 4.69) is 34.6 Å². The molecule has 21 heavy (non-hydrogen) atoms. The van der Waals surface area contributed by atoms with Gasteiger partial charge in [0.15, 0.2) is 5.11 Å². The molecule has 1 heterocycles. The molecule has 0 aliphatic heterocycles. The Balaban J connectivity index is 1.89. The molecule has 0 radical (unpaired) electrons. The molecule has 7 heteroatoms. The molecule has 1 aromatic carbocycles. The van der Waals surface area contributed by atoms with Gasteiger partial charge in [-0.05, 0) is 35.8 Å². The lowest BCUT2D eigenvalue weighted by Gasteiger charge is -2.09. The minimum absolute atomic E-state index is 0.249. The van der Waals surface area contributed by atoms with Crippen LogP contribution in [0, 0.1) is 11.7 Å². The predicted molar refractivity (Wildman–Crippen MR) is 84.6 cm³/mol. The summed E-state index contributed by atoms with van der Waals surface area (Å²) in [6.45, 7) is 5.53. The summed E-state index contributed by atoms with van der Waals surface area (Å²) in [5, 5.41) is 10.8. The van der Waals surface area contributed by atoms with Gasteiger partial charge in [0.2, 0.25) is 5.95 Å². The third-order valence-corrected chi connectivity index (χ3v) is 2.94. The van der Waals surface area contributed by atoms with Gasteiger partial charge in [0.05, 0.1) is 6.54 Å². The van der Waals surface area contributed by atoms with Gasteiger partial charge in [-0.15, -0.1) is 5.10 Å². The van der Waals surface area contributed by atoms with Crippen molar-refractivity contribution in [3.63, 3.8) is 0 Å². The molecule has 0 bridgehead atoms. The molecule has 2 N–H and O–H groups in total. The van der Waals surface area contributed by atoms with Gasteiger partial charge in [-0.25, -0.2) is 14.1 Å². The molecule has 1 aromatic heterocycles. The number of nitrogens with zero attached hydrogens (tertiary/aromatic N) is 3. The van der Waals surface area contributed by atoms with Gasteiger partial charge in [-0.2, -0.15) is 0 Å². The highest BCUT2D eigenvalue weighted by Crippen LogP contribution is 2.05. The molecule has 0 atom stereocenters. The largest absolute Gasteiger partial charge is 0.362 e. The number of thiocarbonyl (C=S) groups is 1. The van der Waals surface area contributed by atoms with E-state index in [-0.39, 0.29) is 5.82 Å². The smallest absolute Gasteiger partial charge is 0.248 e. The first-order valence-electron chi connectivity index (χ1n) is 6.71. The van der Waals surface area contributed by atoms with E-state index in [1.54, 1.807) is 23.1 Å². The maximum atomic E-state index is 12.8. The molecule has 0 amide bonds. The molecule has 2 rings (SSSR count). The van der Waals surface area contributed by atoms with Crippen LogP contribution >= 0.6 is 12.2 Å². The van der Waals surface area contributed by atoms with E-state index >= 15 is 0 Å². The fourth-order valence-electron chi connectivity index (χ4n) is 1.65. The van der Waals surface area contributed by atoms with Crippen molar-refractivity contribution < 1.29 is 4.39 Å². The van der Waals surface area contributed by atoms with Crippen LogP contribution in [-0.4, -0.2) is 26.4 Å². The maximum absolute atomic E-state index is 12.8. The third kappa shape index (κ3) is 5.11. The van der Waals surface area contributed by atoms with E-state index in [0.717, 1.165) is 12.1 Å². The zero-order valence-corrected chi connectivity index (χ0v) is 12.8. The number of benzene rings is 1. The van der Waals surface area contributed by atoms with E-state index in [1.807, 2.05) is 0 Å². The zero-order chi connectivity index (χ0) is 15.2. The monoisotopic (exact) mass is 307 g/mol. The second-order valence-electron chi connectivity index (χ2n) is 5.12. The summed E-state index contributed by atoms with van der Waals surface area (Å²) in [5.41, 5.74) is 0.952. The third-order valence-electron chi connectivity index (χ3n) is 2.69. The molecule has 2 aromatic rings. The van der Waals surface area contributed by atoms with Crippen LogP contribution in [0.15, 0.2) is 30.6 Å². The van der Waals surface area contributed by atoms with Crippen LogP contribution in [0.5, 0.6) is 0 Å². The molecule has 0 fully saturated rings. The second kappa shape index (κ2) is 7.12. The SMILES string of the molecule is CC(C)CNC(=S)Nc1ncn(Cc2ccc(F)cc2)n1. The highest BCUT2D eigenvalue weighted by Gasteiger charge is 2.04. The highest BCUT2D eigenvalue weighted by atomic mass is 32.1. The number of hydrogen-bond acceptors (Lipinski definition) is 3. The summed E-state index contributed by atoms with van der Waals surface area (Å²) in [5.74, 6) is 0.702. The Labute approximate surface area is 128 Å². The van der Waals surface area contributed by atoms with Crippen molar-refractivity contribution in [2.24, 2.45) is 5.92 Å². The van der Waals surface area contributed by atoms with Crippen molar-refractivity contribution in [2.45, 2.75) is 20.4 Å². The first-order chi connectivity index (χ1) is 10.0. The van der Waals surface area contributed by atoms with Crippen molar-refractivity contribution in [2.75, 3.05) is 11.9 Å². The van der Waals surface area contributed by atoms with Gasteiger partial charge in [-0.3, -0.25) is 5.32 Å². The minimum Gasteiger partial charge on any atom is -0.362 e. The number of nitrogens with one attached hydrogen (secondary N) is 2. The first kappa shape index (κ1) is 15.4. The van der Waals surface area contributed by atoms with Crippen molar-refractivity contribution in [1.29, 1.82) is 0 Å². The van der Waals surface area contributed by atoms with Crippen molar-refractivity contribution in [1.82, 2.24) is 20.1 Å². The van der Waals surface area contributed by atoms with Crippen LogP contribution in [-0.2, 0) is 6.54 Å². The Morgan fingerprint density at radius 1 is 1.33 bits per heavy atom. The Morgan fingerprint density at radius 2 is 2.05 bits per heavy atom. The van der Waals surface area contributed by atoms with Gasteiger partial charge in [0.25, 0.3) is 0 Å². The van der Waals surface area contributed by atoms with Crippen LogP contribution < -0.4 is 10.6 Å². The van der Waals surface area contributed by atoms with Gasteiger partial charge < -0.3 is 5.32 Å². The van der Waals surface area contributed by atoms with E-state index in [1.165, 1.54) is 12.1 Å². The summed E-state index contributed by atoms with van der Waals surface area (Å²) in [6.07, 6.45) is 1.61. The van der Waals surface area contributed by atoms with Gasteiger partial charge in [-0.1, -0.05) is 26.0 Å². The Morgan fingerprint density at radius 3 is 2.71 bits per heavy atom. The first-order valence-corrected chi connectivity index (χ1v) is 7.12. The van der Waals surface area contributed by atoms with Crippen molar-refractivity contribution in [3.8, 4) is 0 Å². The van der Waals surface area contributed by atoms with E-state index in [4.69, 9.17) is 12.2 Å². The quantitative estimate of drug-likeness (QED) is 0.831. The molecule has 0 saturated carbocycles. The van der Waals surface area contributed by atoms with Crippen molar-refractivity contribution >= 4 is 23.3 Å². The minimum atomic E-state index is -0.249. The van der Waals surface area contributed by atoms with Crippen LogP contribution in [0.1, 0.15) is 19.4 Å². The standard InChI is InChI=1S/C14H18FN5S/c1-10(2)7-16-14(21)18-13-17-9-20(19-13)8-11-3-5-12(15)6-4-11/h3-6,9-10H,7-8H2,1-2H3,(H2,16,18,19,21). The highest BCUT2D eigenvalue weighted by molar-refractivity contribution is 7.80. The summed E-state index contributed by atoms with van der Waals surface area (Å²) in [4.78, 5) is 4.14. The van der Waals surface area contributed by atoms with E-state index in [0.29, 0.717) is 23.5 Å². The molecular formula is C14H18FN5S. The molecule has 0 spiro atoms. The van der Waals surface area contributed by atoms with E-state index in [9.17, 15) is 4.39 Å². The average Bonchev–Trinajstić information content (AvgIpc) is 2.86. The van der Waals surface area contributed by atoms with Gasteiger partial charge >= 0.3 is 0 Å². The second-order valence-corrected chi connectivity index (χ2v) is 5.53. The van der Waals surface area contributed by atoms with Crippen LogP contribution in [0.3, 0.4) is 0 Å². The molecule has 5 nitrogen and oxygen atoms in total.